The number of hydrogen-bond donors (Lipinski definition) is 3. The van der Waals surface area contributed by atoms with Gasteiger partial charge in [0.15, 0.2) is 0 Å². The summed E-state index contributed by atoms with van der Waals surface area (Å²) in [5.74, 6) is 1.04. The summed E-state index contributed by atoms with van der Waals surface area (Å²) in [5.41, 5.74) is 16.6. The Kier molecular flexibility index (Phi) is 5.13. The molecule has 1 aliphatic rings. The highest BCUT2D eigenvalue weighted by atomic mass is 15.1. The number of rotatable bonds is 3. The fourth-order valence-corrected chi connectivity index (χ4v) is 3.97. The summed E-state index contributed by atoms with van der Waals surface area (Å²) < 4.78 is 0. The molecule has 2 unspecified atom stereocenters. The molecule has 6 nitrogen and oxygen atoms in total. The van der Waals surface area contributed by atoms with Crippen molar-refractivity contribution in [1.29, 1.82) is 0 Å². The van der Waals surface area contributed by atoms with Crippen molar-refractivity contribution in [2.75, 3.05) is 11.1 Å². The van der Waals surface area contributed by atoms with Gasteiger partial charge in [0.1, 0.15) is 5.82 Å². The first kappa shape index (κ1) is 19.6. The fourth-order valence-electron chi connectivity index (χ4n) is 3.97. The Bertz CT molecular complexity index is 1010. The summed E-state index contributed by atoms with van der Waals surface area (Å²) >= 11 is 0. The van der Waals surface area contributed by atoms with Crippen molar-refractivity contribution in [3.05, 3.63) is 42.2 Å². The van der Waals surface area contributed by atoms with Gasteiger partial charge in [-0.15, -0.1) is 0 Å². The van der Waals surface area contributed by atoms with E-state index in [9.17, 15) is 0 Å². The molecule has 0 amide bonds. The Morgan fingerprint density at radius 3 is 2.41 bits per heavy atom. The van der Waals surface area contributed by atoms with Crippen LogP contribution in [0, 0.1) is 0 Å². The Hall–Kier alpha value is -2.73. The molecule has 1 fully saturated rings. The van der Waals surface area contributed by atoms with Crippen molar-refractivity contribution in [3.8, 4) is 11.1 Å². The molecule has 5 N–H and O–H groups in total. The van der Waals surface area contributed by atoms with Crippen LogP contribution in [0.15, 0.2) is 36.7 Å². The summed E-state index contributed by atoms with van der Waals surface area (Å²) in [6, 6.07) is 8.92. The van der Waals surface area contributed by atoms with Crippen molar-refractivity contribution < 1.29 is 0 Å². The molecule has 1 aromatic carbocycles. The minimum absolute atomic E-state index is 0.109. The standard InChI is InChI=1S/C23H30N6/c1-23(2,3)15-10-8-14(9-11-15)16-12-26-21(25)17-13-27-22(29-20(16)17)28-19-7-5-4-6-18(19)24/h8-13,18-19H,4-7,24H2,1-3H3,(H2,25,26)(H,27,28,29). The van der Waals surface area contributed by atoms with Crippen molar-refractivity contribution in [3.63, 3.8) is 0 Å². The molecule has 6 heteroatoms. The van der Waals surface area contributed by atoms with Gasteiger partial charge in [-0.1, -0.05) is 57.9 Å². The first-order valence-electron chi connectivity index (χ1n) is 10.4. The number of aromatic nitrogens is 3. The van der Waals surface area contributed by atoms with Crippen LogP contribution in [-0.4, -0.2) is 27.0 Å². The maximum absolute atomic E-state index is 6.29. The van der Waals surface area contributed by atoms with Crippen LogP contribution in [-0.2, 0) is 5.41 Å². The average Bonchev–Trinajstić information content (AvgIpc) is 2.69. The van der Waals surface area contributed by atoms with E-state index in [-0.39, 0.29) is 17.5 Å². The first-order valence-corrected chi connectivity index (χ1v) is 10.4. The molecule has 0 radical (unpaired) electrons. The van der Waals surface area contributed by atoms with Crippen LogP contribution in [0.25, 0.3) is 22.0 Å². The summed E-state index contributed by atoms with van der Waals surface area (Å²) in [6.07, 6.45) is 8.01. The van der Waals surface area contributed by atoms with E-state index in [0.717, 1.165) is 34.9 Å². The normalized spacial score (nSPS) is 20.0. The highest BCUT2D eigenvalue weighted by Gasteiger charge is 2.23. The van der Waals surface area contributed by atoms with Gasteiger partial charge in [-0.05, 0) is 29.4 Å². The summed E-state index contributed by atoms with van der Waals surface area (Å²) in [6.45, 7) is 6.63. The number of nitrogen functional groups attached to an aromatic ring is 1. The third kappa shape index (κ3) is 4.03. The molecular formula is C23H30N6. The van der Waals surface area contributed by atoms with Gasteiger partial charge in [-0.3, -0.25) is 0 Å². The second-order valence-electron chi connectivity index (χ2n) is 9.04. The van der Waals surface area contributed by atoms with Crippen molar-refractivity contribution >= 4 is 22.7 Å². The Morgan fingerprint density at radius 1 is 1.00 bits per heavy atom. The fraction of sp³-hybridized carbons (Fsp3) is 0.435. The number of nitrogens with two attached hydrogens (primary N) is 2. The molecule has 0 saturated heterocycles. The van der Waals surface area contributed by atoms with Gasteiger partial charge in [0, 0.05) is 30.0 Å². The summed E-state index contributed by atoms with van der Waals surface area (Å²) in [5, 5.41) is 4.21. The quantitative estimate of drug-likeness (QED) is 0.618. The van der Waals surface area contributed by atoms with Crippen molar-refractivity contribution in [2.45, 2.75) is 64.0 Å². The monoisotopic (exact) mass is 390 g/mol. The second-order valence-corrected chi connectivity index (χ2v) is 9.04. The second kappa shape index (κ2) is 7.59. The molecule has 4 rings (SSSR count). The predicted molar refractivity (Wildman–Crippen MR) is 120 cm³/mol. The zero-order valence-corrected chi connectivity index (χ0v) is 17.4. The minimum atomic E-state index is 0.109. The van der Waals surface area contributed by atoms with Gasteiger partial charge in [0.25, 0.3) is 0 Å². The maximum atomic E-state index is 6.29. The Morgan fingerprint density at radius 2 is 1.72 bits per heavy atom. The van der Waals surface area contributed by atoms with E-state index in [1.54, 1.807) is 12.4 Å². The largest absolute Gasteiger partial charge is 0.383 e. The SMILES string of the molecule is CC(C)(C)c1ccc(-c2cnc(N)c3cnc(NC4CCCCC4N)nc23)cc1. The molecule has 2 aromatic heterocycles. The molecule has 0 aliphatic heterocycles. The molecule has 2 heterocycles. The van der Waals surface area contributed by atoms with E-state index < -0.39 is 0 Å². The van der Waals surface area contributed by atoms with Crippen LogP contribution in [0.1, 0.15) is 52.0 Å². The Balaban J connectivity index is 1.73. The van der Waals surface area contributed by atoms with Crippen LogP contribution >= 0.6 is 0 Å². The van der Waals surface area contributed by atoms with E-state index in [0.29, 0.717) is 11.8 Å². The summed E-state index contributed by atoms with van der Waals surface area (Å²) in [4.78, 5) is 13.7. The number of benzene rings is 1. The van der Waals surface area contributed by atoms with Crippen LogP contribution < -0.4 is 16.8 Å². The third-order valence-electron chi connectivity index (χ3n) is 5.85. The number of hydrogen-bond acceptors (Lipinski definition) is 6. The highest BCUT2D eigenvalue weighted by molar-refractivity contribution is 5.98. The zero-order valence-electron chi connectivity index (χ0n) is 17.4. The number of anilines is 2. The molecule has 1 saturated carbocycles. The molecule has 0 bridgehead atoms. The number of fused-ring (bicyclic) bond motifs is 1. The molecule has 3 aromatic rings. The molecule has 152 valence electrons. The number of nitrogens with one attached hydrogen (secondary N) is 1. The van der Waals surface area contributed by atoms with Crippen LogP contribution in [0.3, 0.4) is 0 Å². The van der Waals surface area contributed by atoms with Gasteiger partial charge in [-0.25, -0.2) is 15.0 Å². The number of nitrogens with zero attached hydrogens (tertiary/aromatic N) is 3. The maximum Gasteiger partial charge on any atom is 0.223 e. The smallest absolute Gasteiger partial charge is 0.223 e. The van der Waals surface area contributed by atoms with E-state index in [1.807, 2.05) is 0 Å². The van der Waals surface area contributed by atoms with Gasteiger partial charge < -0.3 is 16.8 Å². The molecule has 1 aliphatic carbocycles. The van der Waals surface area contributed by atoms with E-state index >= 15 is 0 Å². The Labute approximate surface area is 172 Å². The van der Waals surface area contributed by atoms with Gasteiger partial charge in [-0.2, -0.15) is 0 Å². The van der Waals surface area contributed by atoms with Crippen molar-refractivity contribution in [1.82, 2.24) is 15.0 Å². The molecular weight excluding hydrogens is 360 g/mol. The van der Waals surface area contributed by atoms with E-state index in [4.69, 9.17) is 16.5 Å². The predicted octanol–water partition coefficient (Wildman–Crippen LogP) is 4.25. The van der Waals surface area contributed by atoms with Gasteiger partial charge >= 0.3 is 0 Å². The topological polar surface area (TPSA) is 103 Å². The lowest BCUT2D eigenvalue weighted by atomic mass is 9.86. The molecule has 0 spiro atoms. The lowest BCUT2D eigenvalue weighted by Crippen LogP contribution is -2.42. The average molecular weight is 391 g/mol. The van der Waals surface area contributed by atoms with E-state index in [1.165, 1.54) is 18.4 Å². The van der Waals surface area contributed by atoms with Crippen molar-refractivity contribution in [2.24, 2.45) is 5.73 Å². The van der Waals surface area contributed by atoms with Crippen LogP contribution in [0.2, 0.25) is 0 Å². The first-order chi connectivity index (χ1) is 13.8. The molecule has 29 heavy (non-hydrogen) atoms. The molecule has 2 atom stereocenters. The lowest BCUT2D eigenvalue weighted by molar-refractivity contribution is 0.402. The summed E-state index contributed by atoms with van der Waals surface area (Å²) in [7, 11) is 0. The van der Waals surface area contributed by atoms with E-state index in [2.05, 4.69) is 60.3 Å². The van der Waals surface area contributed by atoms with Crippen LogP contribution in [0.4, 0.5) is 11.8 Å². The van der Waals surface area contributed by atoms with Crippen LogP contribution in [0.5, 0.6) is 0 Å². The lowest BCUT2D eigenvalue weighted by Gasteiger charge is -2.29. The van der Waals surface area contributed by atoms with Gasteiger partial charge in [0.05, 0.1) is 10.9 Å². The zero-order chi connectivity index (χ0) is 20.6. The minimum Gasteiger partial charge on any atom is -0.383 e. The highest BCUT2D eigenvalue weighted by Crippen LogP contribution is 2.32. The number of pyridine rings is 1. The van der Waals surface area contributed by atoms with Gasteiger partial charge in [0.2, 0.25) is 5.95 Å². The third-order valence-corrected chi connectivity index (χ3v) is 5.85.